The first-order valence-electron chi connectivity index (χ1n) is 4.76. The summed E-state index contributed by atoms with van der Waals surface area (Å²) in [5.41, 5.74) is 1.97. The average molecular weight is 154 g/mol. The fourth-order valence-corrected chi connectivity index (χ4v) is 1.15. The van der Waals surface area contributed by atoms with Gasteiger partial charge >= 0.3 is 0 Å². The lowest BCUT2D eigenvalue weighted by Crippen LogP contribution is -2.10. The Morgan fingerprint density at radius 1 is 1.18 bits per heavy atom. The zero-order valence-corrected chi connectivity index (χ0v) is 8.70. The smallest absolute Gasteiger partial charge is 0.0149 e. The summed E-state index contributed by atoms with van der Waals surface area (Å²) in [6.45, 7) is 11.3. The first-order valence-corrected chi connectivity index (χ1v) is 4.76. The van der Waals surface area contributed by atoms with Crippen molar-refractivity contribution in [2.75, 3.05) is 0 Å². The molecule has 0 fully saturated rings. The maximum atomic E-state index is 2.44. The van der Waals surface area contributed by atoms with Gasteiger partial charge in [-0.3, -0.25) is 0 Å². The lowest BCUT2D eigenvalue weighted by molar-refractivity contribution is 0.392. The minimum absolute atomic E-state index is 0.445. The third-order valence-electron chi connectivity index (χ3n) is 2.77. The number of hydrogen-bond acceptors (Lipinski definition) is 0. The zero-order valence-electron chi connectivity index (χ0n) is 8.70. The van der Waals surface area contributed by atoms with Crippen LogP contribution in [-0.4, -0.2) is 0 Å². The van der Waals surface area contributed by atoms with Gasteiger partial charge in [-0.15, -0.1) is 0 Å². The second kappa shape index (κ2) is 4.58. The van der Waals surface area contributed by atoms with Gasteiger partial charge in [-0.25, -0.2) is 0 Å². The average Bonchev–Trinajstić information content (AvgIpc) is 2.04. The van der Waals surface area contributed by atoms with Crippen molar-refractivity contribution >= 4 is 0 Å². The van der Waals surface area contributed by atoms with Crippen LogP contribution in [0.4, 0.5) is 0 Å². The first kappa shape index (κ1) is 10.7. The molecule has 0 aromatic heterocycles. The van der Waals surface area contributed by atoms with Gasteiger partial charge in [-0.1, -0.05) is 39.3 Å². The number of allylic oxidation sites excluding steroid dienone is 2. The van der Waals surface area contributed by atoms with E-state index in [1.165, 1.54) is 24.8 Å². The van der Waals surface area contributed by atoms with Gasteiger partial charge in [0.1, 0.15) is 0 Å². The van der Waals surface area contributed by atoms with Crippen LogP contribution >= 0.6 is 0 Å². The fourth-order valence-electron chi connectivity index (χ4n) is 1.15. The molecule has 0 nitrogen and oxygen atoms in total. The lowest BCUT2D eigenvalue weighted by atomic mass is 9.83. The summed E-state index contributed by atoms with van der Waals surface area (Å²) < 4.78 is 0. The Labute approximate surface area is 71.7 Å². The minimum Gasteiger partial charge on any atom is -0.0797 e. The van der Waals surface area contributed by atoms with Crippen LogP contribution in [0, 0.1) is 5.41 Å². The summed E-state index contributed by atoms with van der Waals surface area (Å²) in [7, 11) is 0. The lowest BCUT2D eigenvalue weighted by Gasteiger charge is -2.23. The Kier molecular flexibility index (Phi) is 4.48. The van der Waals surface area contributed by atoms with Crippen molar-refractivity contribution in [2.24, 2.45) is 5.41 Å². The van der Waals surface area contributed by atoms with E-state index in [9.17, 15) is 0 Å². The van der Waals surface area contributed by atoms with Gasteiger partial charge in [0.15, 0.2) is 0 Å². The van der Waals surface area contributed by atoms with Gasteiger partial charge in [0.25, 0.3) is 0 Å². The maximum absolute atomic E-state index is 2.44. The summed E-state index contributed by atoms with van der Waals surface area (Å²) >= 11 is 0. The molecule has 0 amide bonds. The van der Waals surface area contributed by atoms with E-state index in [0.29, 0.717) is 5.41 Å². The predicted octanol–water partition coefficient (Wildman–Crippen LogP) is 4.17. The van der Waals surface area contributed by atoms with Crippen LogP contribution in [0.5, 0.6) is 0 Å². The summed E-state index contributed by atoms with van der Waals surface area (Å²) in [6.07, 6.45) is 6.13. The first-order chi connectivity index (χ1) is 5.08. The summed E-state index contributed by atoms with van der Waals surface area (Å²) in [4.78, 5) is 0. The van der Waals surface area contributed by atoms with Crippen molar-refractivity contribution in [3.8, 4) is 0 Å². The van der Waals surface area contributed by atoms with Gasteiger partial charge in [-0.05, 0) is 31.6 Å². The standard InChI is InChI=1S/C11H22/c1-6-10(4)9-11(5,7-2)8-3/h9H,6-8H2,1-5H3/b10-9-. The largest absolute Gasteiger partial charge is 0.0797 e. The molecule has 0 heterocycles. The zero-order chi connectivity index (χ0) is 8.91. The highest BCUT2D eigenvalue weighted by molar-refractivity contribution is 5.05. The van der Waals surface area contributed by atoms with Crippen molar-refractivity contribution in [3.05, 3.63) is 11.6 Å². The Morgan fingerprint density at radius 3 is 1.91 bits per heavy atom. The van der Waals surface area contributed by atoms with Crippen LogP contribution in [-0.2, 0) is 0 Å². The summed E-state index contributed by atoms with van der Waals surface area (Å²) in [6, 6.07) is 0. The fraction of sp³-hybridized carbons (Fsp3) is 0.818. The number of rotatable bonds is 4. The second-order valence-corrected chi connectivity index (χ2v) is 3.71. The molecule has 0 atom stereocenters. The molecule has 11 heavy (non-hydrogen) atoms. The van der Waals surface area contributed by atoms with E-state index >= 15 is 0 Å². The van der Waals surface area contributed by atoms with Crippen LogP contribution in [0.15, 0.2) is 11.6 Å². The Balaban J connectivity index is 4.27. The molecular weight excluding hydrogens is 132 g/mol. The predicted molar refractivity (Wildman–Crippen MR) is 52.7 cm³/mol. The van der Waals surface area contributed by atoms with E-state index in [4.69, 9.17) is 0 Å². The molecular formula is C11H22. The van der Waals surface area contributed by atoms with E-state index in [1.807, 2.05) is 0 Å². The molecule has 0 saturated heterocycles. The Bertz CT molecular complexity index is 127. The van der Waals surface area contributed by atoms with Gasteiger partial charge in [0.05, 0.1) is 0 Å². The van der Waals surface area contributed by atoms with E-state index < -0.39 is 0 Å². The van der Waals surface area contributed by atoms with Crippen LogP contribution < -0.4 is 0 Å². The molecule has 0 heteroatoms. The van der Waals surface area contributed by atoms with Crippen molar-refractivity contribution < 1.29 is 0 Å². The van der Waals surface area contributed by atoms with Crippen LogP contribution in [0.3, 0.4) is 0 Å². The molecule has 0 saturated carbocycles. The highest BCUT2D eigenvalue weighted by Gasteiger charge is 2.15. The van der Waals surface area contributed by atoms with E-state index in [1.54, 1.807) is 0 Å². The summed E-state index contributed by atoms with van der Waals surface area (Å²) in [5.74, 6) is 0. The summed E-state index contributed by atoms with van der Waals surface area (Å²) in [5, 5.41) is 0. The van der Waals surface area contributed by atoms with E-state index in [0.717, 1.165) is 0 Å². The van der Waals surface area contributed by atoms with Gasteiger partial charge < -0.3 is 0 Å². The molecule has 0 unspecified atom stereocenters. The van der Waals surface area contributed by atoms with E-state index in [-0.39, 0.29) is 0 Å². The molecule has 0 rings (SSSR count). The van der Waals surface area contributed by atoms with Crippen molar-refractivity contribution in [1.29, 1.82) is 0 Å². The van der Waals surface area contributed by atoms with E-state index in [2.05, 4.69) is 40.7 Å². The third-order valence-corrected chi connectivity index (χ3v) is 2.77. The Hall–Kier alpha value is -0.260. The van der Waals surface area contributed by atoms with Crippen LogP contribution in [0.1, 0.15) is 53.9 Å². The normalized spacial score (nSPS) is 13.7. The molecule has 0 aliphatic rings. The third kappa shape index (κ3) is 3.60. The van der Waals surface area contributed by atoms with Crippen molar-refractivity contribution in [2.45, 2.75) is 53.9 Å². The van der Waals surface area contributed by atoms with Crippen molar-refractivity contribution in [1.82, 2.24) is 0 Å². The number of hydrogen-bond donors (Lipinski definition) is 0. The maximum Gasteiger partial charge on any atom is -0.0149 e. The van der Waals surface area contributed by atoms with Crippen LogP contribution in [0.2, 0.25) is 0 Å². The molecule has 0 N–H and O–H groups in total. The Morgan fingerprint density at radius 2 is 1.64 bits per heavy atom. The molecule has 0 bridgehead atoms. The SMILES string of the molecule is CC/C(C)=C\C(C)(CC)CC. The van der Waals surface area contributed by atoms with Crippen molar-refractivity contribution in [3.63, 3.8) is 0 Å². The molecule has 0 aliphatic heterocycles. The molecule has 0 aromatic rings. The molecule has 0 aliphatic carbocycles. The quantitative estimate of drug-likeness (QED) is 0.533. The molecule has 0 aromatic carbocycles. The highest BCUT2D eigenvalue weighted by atomic mass is 14.2. The minimum atomic E-state index is 0.445. The molecule has 0 spiro atoms. The molecule has 0 radical (unpaired) electrons. The second-order valence-electron chi connectivity index (χ2n) is 3.71. The molecule has 66 valence electrons. The monoisotopic (exact) mass is 154 g/mol. The van der Waals surface area contributed by atoms with Gasteiger partial charge in [0.2, 0.25) is 0 Å². The van der Waals surface area contributed by atoms with Gasteiger partial charge in [-0.2, -0.15) is 0 Å². The topological polar surface area (TPSA) is 0 Å². The van der Waals surface area contributed by atoms with Crippen LogP contribution in [0.25, 0.3) is 0 Å². The highest BCUT2D eigenvalue weighted by Crippen LogP contribution is 2.28. The van der Waals surface area contributed by atoms with Gasteiger partial charge in [0, 0.05) is 0 Å².